The molecule has 18 heavy (non-hydrogen) atoms. The number of halogens is 3. The average Bonchev–Trinajstić information content (AvgIpc) is 2.38. The van der Waals surface area contributed by atoms with Gasteiger partial charge in [-0.2, -0.15) is 13.2 Å². The maximum Gasteiger partial charge on any atom is 0.418 e. The molecule has 1 heterocycles. The van der Waals surface area contributed by atoms with Crippen molar-refractivity contribution in [3.63, 3.8) is 0 Å². The van der Waals surface area contributed by atoms with Gasteiger partial charge in [0.15, 0.2) is 0 Å². The van der Waals surface area contributed by atoms with Crippen molar-refractivity contribution in [3.05, 3.63) is 53.7 Å². The summed E-state index contributed by atoms with van der Waals surface area (Å²) in [6.45, 7) is -0.220. The summed E-state index contributed by atoms with van der Waals surface area (Å²) < 4.78 is 38.5. The molecule has 1 aromatic heterocycles. The second-order valence-electron chi connectivity index (χ2n) is 3.76. The minimum Gasteiger partial charge on any atom is -0.392 e. The highest BCUT2D eigenvalue weighted by Crippen LogP contribution is 2.35. The van der Waals surface area contributed by atoms with Gasteiger partial charge < -0.3 is 5.11 Å². The summed E-state index contributed by atoms with van der Waals surface area (Å²) >= 11 is 0. The molecule has 5 heteroatoms. The van der Waals surface area contributed by atoms with E-state index in [9.17, 15) is 13.2 Å². The van der Waals surface area contributed by atoms with Crippen LogP contribution in [0.1, 0.15) is 11.1 Å². The third-order valence-corrected chi connectivity index (χ3v) is 2.50. The van der Waals surface area contributed by atoms with Crippen LogP contribution in [0.3, 0.4) is 0 Å². The van der Waals surface area contributed by atoms with E-state index in [1.165, 1.54) is 24.4 Å². The Morgan fingerprint density at radius 3 is 2.56 bits per heavy atom. The molecule has 0 saturated heterocycles. The number of aliphatic hydroxyl groups is 1. The first kappa shape index (κ1) is 12.6. The topological polar surface area (TPSA) is 33.1 Å². The molecule has 0 fully saturated rings. The molecule has 0 unspecified atom stereocenters. The van der Waals surface area contributed by atoms with E-state index in [1.807, 2.05) is 0 Å². The minimum atomic E-state index is -4.45. The number of hydrogen-bond donors (Lipinski definition) is 1. The fourth-order valence-electron chi connectivity index (χ4n) is 1.68. The lowest BCUT2D eigenvalue weighted by Gasteiger charge is -2.12. The molecule has 0 aliphatic heterocycles. The Kier molecular flexibility index (Phi) is 3.34. The first-order chi connectivity index (χ1) is 8.52. The van der Waals surface area contributed by atoms with Crippen LogP contribution in [0.25, 0.3) is 11.3 Å². The van der Waals surface area contributed by atoms with Gasteiger partial charge in [0.25, 0.3) is 0 Å². The van der Waals surface area contributed by atoms with Crippen LogP contribution in [-0.2, 0) is 12.8 Å². The van der Waals surface area contributed by atoms with E-state index < -0.39 is 11.7 Å². The zero-order chi connectivity index (χ0) is 13.2. The van der Waals surface area contributed by atoms with Crippen LogP contribution in [0.4, 0.5) is 13.2 Å². The largest absolute Gasteiger partial charge is 0.418 e. The summed E-state index contributed by atoms with van der Waals surface area (Å²) in [5, 5.41) is 9.00. The van der Waals surface area contributed by atoms with Crippen molar-refractivity contribution in [3.8, 4) is 11.3 Å². The van der Waals surface area contributed by atoms with E-state index in [2.05, 4.69) is 4.98 Å². The van der Waals surface area contributed by atoms with Crippen molar-refractivity contribution in [2.45, 2.75) is 12.8 Å². The Morgan fingerprint density at radius 2 is 1.89 bits per heavy atom. The first-order valence-corrected chi connectivity index (χ1v) is 5.25. The summed E-state index contributed by atoms with van der Waals surface area (Å²) in [5.41, 5.74) is -0.0128. The molecule has 1 N–H and O–H groups in total. The summed E-state index contributed by atoms with van der Waals surface area (Å²) in [5.74, 6) is 0. The second-order valence-corrected chi connectivity index (χ2v) is 3.76. The van der Waals surface area contributed by atoms with E-state index in [1.54, 1.807) is 12.1 Å². The molecular formula is C13H10F3NO. The maximum atomic E-state index is 12.8. The van der Waals surface area contributed by atoms with Gasteiger partial charge in [0.05, 0.1) is 17.9 Å². The second kappa shape index (κ2) is 4.78. The Bertz CT molecular complexity index is 552. The normalized spacial score (nSPS) is 11.6. The van der Waals surface area contributed by atoms with Gasteiger partial charge in [0, 0.05) is 11.8 Å². The monoisotopic (exact) mass is 253 g/mol. The quantitative estimate of drug-likeness (QED) is 0.891. The van der Waals surface area contributed by atoms with E-state index >= 15 is 0 Å². The lowest BCUT2D eigenvalue weighted by molar-refractivity contribution is -0.137. The summed E-state index contributed by atoms with van der Waals surface area (Å²) in [7, 11) is 0. The molecule has 2 aromatic rings. The molecule has 0 spiro atoms. The van der Waals surface area contributed by atoms with E-state index in [0.717, 1.165) is 6.07 Å². The fraction of sp³-hybridized carbons (Fsp3) is 0.154. The first-order valence-electron chi connectivity index (χ1n) is 5.25. The Labute approximate surface area is 102 Å². The van der Waals surface area contributed by atoms with Crippen molar-refractivity contribution in [2.24, 2.45) is 0 Å². The minimum absolute atomic E-state index is 0.125. The average molecular weight is 253 g/mol. The molecule has 2 rings (SSSR count). The number of benzene rings is 1. The van der Waals surface area contributed by atoms with Crippen LogP contribution >= 0.6 is 0 Å². The number of alkyl halides is 3. The van der Waals surface area contributed by atoms with E-state index in [-0.39, 0.29) is 12.3 Å². The third-order valence-electron chi connectivity index (χ3n) is 2.50. The number of aromatic nitrogens is 1. The van der Waals surface area contributed by atoms with Crippen molar-refractivity contribution < 1.29 is 18.3 Å². The van der Waals surface area contributed by atoms with Gasteiger partial charge in [-0.05, 0) is 23.8 Å². The number of hydrogen-bond acceptors (Lipinski definition) is 2. The van der Waals surface area contributed by atoms with Gasteiger partial charge in [0.1, 0.15) is 0 Å². The highest BCUT2D eigenvalue weighted by molar-refractivity contribution is 5.64. The number of nitrogens with zero attached hydrogens (tertiary/aromatic N) is 1. The standard InChI is InChI=1S/C13H10F3NO/c14-13(15,16)11-5-2-6-17-12(11)10-4-1-3-9(7-10)8-18/h1-7,18H,8H2. The fourth-order valence-corrected chi connectivity index (χ4v) is 1.68. The zero-order valence-electron chi connectivity index (χ0n) is 9.28. The van der Waals surface area contributed by atoms with Crippen LogP contribution in [0.15, 0.2) is 42.6 Å². The molecule has 0 saturated carbocycles. The van der Waals surface area contributed by atoms with Gasteiger partial charge >= 0.3 is 6.18 Å². The summed E-state index contributed by atoms with van der Waals surface area (Å²) in [4.78, 5) is 3.79. The van der Waals surface area contributed by atoms with Crippen molar-refractivity contribution in [1.29, 1.82) is 0 Å². The van der Waals surface area contributed by atoms with Crippen LogP contribution in [0.5, 0.6) is 0 Å². The molecule has 0 radical (unpaired) electrons. The van der Waals surface area contributed by atoms with Crippen molar-refractivity contribution >= 4 is 0 Å². The lowest BCUT2D eigenvalue weighted by Crippen LogP contribution is -2.08. The van der Waals surface area contributed by atoms with Gasteiger partial charge in [0.2, 0.25) is 0 Å². The van der Waals surface area contributed by atoms with E-state index in [0.29, 0.717) is 11.1 Å². The Morgan fingerprint density at radius 1 is 1.11 bits per heavy atom. The predicted octanol–water partition coefficient (Wildman–Crippen LogP) is 3.26. The Balaban J connectivity index is 2.57. The van der Waals surface area contributed by atoms with Crippen LogP contribution in [0.2, 0.25) is 0 Å². The summed E-state index contributed by atoms with van der Waals surface area (Å²) in [6.07, 6.45) is -3.13. The van der Waals surface area contributed by atoms with Crippen molar-refractivity contribution in [2.75, 3.05) is 0 Å². The highest BCUT2D eigenvalue weighted by atomic mass is 19.4. The number of pyridine rings is 1. The number of aliphatic hydroxyl groups excluding tert-OH is 1. The van der Waals surface area contributed by atoms with Crippen LogP contribution in [-0.4, -0.2) is 10.1 Å². The molecule has 0 aliphatic rings. The molecule has 1 aromatic carbocycles. The maximum absolute atomic E-state index is 12.8. The summed E-state index contributed by atoms with van der Waals surface area (Å²) in [6, 6.07) is 8.51. The predicted molar refractivity (Wildman–Crippen MR) is 60.6 cm³/mol. The SMILES string of the molecule is OCc1cccc(-c2ncccc2C(F)(F)F)c1. The van der Waals surface area contributed by atoms with Crippen molar-refractivity contribution in [1.82, 2.24) is 4.98 Å². The van der Waals surface area contributed by atoms with Gasteiger partial charge in [-0.25, -0.2) is 0 Å². The van der Waals surface area contributed by atoms with Gasteiger partial charge in [-0.15, -0.1) is 0 Å². The molecule has 2 nitrogen and oxygen atoms in total. The van der Waals surface area contributed by atoms with Gasteiger partial charge in [-0.1, -0.05) is 18.2 Å². The Hall–Kier alpha value is -1.88. The molecular weight excluding hydrogens is 243 g/mol. The van der Waals surface area contributed by atoms with Crippen LogP contribution in [0, 0.1) is 0 Å². The van der Waals surface area contributed by atoms with Gasteiger partial charge in [-0.3, -0.25) is 4.98 Å². The van der Waals surface area contributed by atoms with Crippen LogP contribution < -0.4 is 0 Å². The smallest absolute Gasteiger partial charge is 0.392 e. The molecule has 0 amide bonds. The highest BCUT2D eigenvalue weighted by Gasteiger charge is 2.34. The molecule has 94 valence electrons. The third kappa shape index (κ3) is 2.51. The number of rotatable bonds is 2. The molecule has 0 bridgehead atoms. The lowest BCUT2D eigenvalue weighted by atomic mass is 10.0. The molecule has 0 aliphatic carbocycles. The molecule has 0 atom stereocenters. The van der Waals surface area contributed by atoms with E-state index in [4.69, 9.17) is 5.11 Å². The zero-order valence-corrected chi connectivity index (χ0v) is 9.28.